The summed E-state index contributed by atoms with van der Waals surface area (Å²) in [6.07, 6.45) is 0.474. The van der Waals surface area contributed by atoms with E-state index < -0.39 is 0 Å². The maximum absolute atomic E-state index is 11.8. The Labute approximate surface area is 120 Å². The molecule has 0 aromatic heterocycles. The van der Waals surface area contributed by atoms with Crippen LogP contribution in [-0.2, 0) is 4.79 Å². The van der Waals surface area contributed by atoms with E-state index in [4.69, 9.17) is 11.6 Å². The molecule has 1 atom stereocenters. The second kappa shape index (κ2) is 6.92. The lowest BCUT2D eigenvalue weighted by Crippen LogP contribution is -2.38. The zero-order chi connectivity index (χ0) is 14.5. The lowest BCUT2D eigenvalue weighted by Gasteiger charge is -2.21. The molecule has 2 N–H and O–H groups in total. The molecule has 1 aromatic rings. The van der Waals surface area contributed by atoms with Crippen molar-refractivity contribution in [2.24, 2.45) is 0 Å². The van der Waals surface area contributed by atoms with E-state index in [9.17, 15) is 4.79 Å². The lowest BCUT2D eigenvalue weighted by molar-refractivity contribution is -0.121. The maximum Gasteiger partial charge on any atom is 0.221 e. The Hall–Kier alpha value is -1.06. The fourth-order valence-electron chi connectivity index (χ4n) is 1.72. The van der Waals surface area contributed by atoms with Crippen molar-refractivity contribution in [1.29, 1.82) is 0 Å². The average Bonchev–Trinajstić information content (AvgIpc) is 2.27. The molecule has 0 fully saturated rings. The highest BCUT2D eigenvalue weighted by atomic mass is 35.5. The summed E-state index contributed by atoms with van der Waals surface area (Å²) in [6, 6.07) is 7.53. The summed E-state index contributed by atoms with van der Waals surface area (Å²) >= 11 is 5.94. The van der Waals surface area contributed by atoms with Crippen molar-refractivity contribution in [2.45, 2.75) is 45.7 Å². The number of halogens is 1. The molecule has 0 aliphatic heterocycles. The van der Waals surface area contributed by atoms with Gasteiger partial charge in [0, 0.05) is 23.5 Å². The number of amides is 1. The Kier molecular flexibility index (Phi) is 5.83. The first-order valence-electron chi connectivity index (χ1n) is 6.58. The van der Waals surface area contributed by atoms with Crippen molar-refractivity contribution in [3.63, 3.8) is 0 Å². The van der Waals surface area contributed by atoms with Gasteiger partial charge in [0.05, 0.1) is 6.04 Å². The quantitative estimate of drug-likeness (QED) is 0.870. The van der Waals surface area contributed by atoms with Crippen LogP contribution in [0.4, 0.5) is 0 Å². The van der Waals surface area contributed by atoms with E-state index in [2.05, 4.69) is 31.4 Å². The first-order valence-corrected chi connectivity index (χ1v) is 6.95. The van der Waals surface area contributed by atoms with Crippen LogP contribution < -0.4 is 10.6 Å². The minimum absolute atomic E-state index is 0.0270. The minimum Gasteiger partial charge on any atom is -0.350 e. The molecule has 19 heavy (non-hydrogen) atoms. The molecule has 1 aromatic carbocycles. The van der Waals surface area contributed by atoms with Gasteiger partial charge < -0.3 is 10.6 Å². The zero-order valence-electron chi connectivity index (χ0n) is 12.1. The summed E-state index contributed by atoms with van der Waals surface area (Å²) in [5, 5.41) is 6.95. The van der Waals surface area contributed by atoms with Crippen LogP contribution >= 0.6 is 11.6 Å². The number of nitrogens with one attached hydrogen (secondary N) is 2. The smallest absolute Gasteiger partial charge is 0.221 e. The molecule has 0 bridgehead atoms. The van der Waals surface area contributed by atoms with Crippen LogP contribution in [-0.4, -0.2) is 18.0 Å². The Morgan fingerprint density at radius 3 is 2.63 bits per heavy atom. The number of benzene rings is 1. The molecule has 4 heteroatoms. The van der Waals surface area contributed by atoms with Gasteiger partial charge in [0.15, 0.2) is 0 Å². The summed E-state index contributed by atoms with van der Waals surface area (Å²) in [5.41, 5.74) is 1.06. The molecule has 1 unspecified atom stereocenters. The molecule has 106 valence electrons. The molecule has 0 aliphatic rings. The van der Waals surface area contributed by atoms with Crippen molar-refractivity contribution in [3.8, 4) is 0 Å². The first kappa shape index (κ1) is 16.0. The molecule has 3 nitrogen and oxygen atoms in total. The molecule has 1 rings (SSSR count). The summed E-state index contributed by atoms with van der Waals surface area (Å²) in [7, 11) is 0. The SMILES string of the molecule is CC(NC(=O)CCNC(C)(C)C)c1cccc(Cl)c1. The van der Waals surface area contributed by atoms with Crippen molar-refractivity contribution < 1.29 is 4.79 Å². The highest BCUT2D eigenvalue weighted by Gasteiger charge is 2.12. The van der Waals surface area contributed by atoms with E-state index in [1.165, 1.54) is 0 Å². The lowest BCUT2D eigenvalue weighted by atomic mass is 10.1. The van der Waals surface area contributed by atoms with E-state index in [1.807, 2.05) is 31.2 Å². The van der Waals surface area contributed by atoms with Crippen LogP contribution in [0.2, 0.25) is 5.02 Å². The van der Waals surface area contributed by atoms with Crippen LogP contribution in [0, 0.1) is 0 Å². The monoisotopic (exact) mass is 282 g/mol. The van der Waals surface area contributed by atoms with E-state index in [0.29, 0.717) is 18.0 Å². The van der Waals surface area contributed by atoms with E-state index >= 15 is 0 Å². The topological polar surface area (TPSA) is 41.1 Å². The highest BCUT2D eigenvalue weighted by Crippen LogP contribution is 2.17. The Morgan fingerprint density at radius 1 is 1.37 bits per heavy atom. The van der Waals surface area contributed by atoms with Crippen molar-refractivity contribution in [2.75, 3.05) is 6.54 Å². The molecule has 0 aliphatic carbocycles. The van der Waals surface area contributed by atoms with Gasteiger partial charge in [0.2, 0.25) is 5.91 Å². The number of hydrogen-bond acceptors (Lipinski definition) is 2. The van der Waals surface area contributed by atoms with E-state index in [-0.39, 0.29) is 17.5 Å². The predicted molar refractivity (Wildman–Crippen MR) is 80.4 cm³/mol. The number of hydrogen-bond donors (Lipinski definition) is 2. The van der Waals surface area contributed by atoms with E-state index in [0.717, 1.165) is 5.56 Å². The fourth-order valence-corrected chi connectivity index (χ4v) is 1.92. The fraction of sp³-hybridized carbons (Fsp3) is 0.533. The van der Waals surface area contributed by atoms with Crippen LogP contribution in [0.1, 0.15) is 45.7 Å². The standard InChI is InChI=1S/C15H23ClN2O/c1-11(12-6-5-7-13(16)10-12)18-14(19)8-9-17-15(2,3)4/h5-7,10-11,17H,8-9H2,1-4H3,(H,18,19). The Balaban J connectivity index is 2.40. The van der Waals surface area contributed by atoms with Gasteiger partial charge in [-0.25, -0.2) is 0 Å². The number of carbonyl (C=O) groups excluding carboxylic acids is 1. The van der Waals surface area contributed by atoms with Crippen LogP contribution in [0.25, 0.3) is 0 Å². The highest BCUT2D eigenvalue weighted by molar-refractivity contribution is 6.30. The van der Waals surface area contributed by atoms with Gasteiger partial charge in [-0.05, 0) is 45.4 Å². The molecule has 0 radical (unpaired) electrons. The largest absolute Gasteiger partial charge is 0.350 e. The van der Waals surface area contributed by atoms with Crippen LogP contribution in [0.15, 0.2) is 24.3 Å². The molecular formula is C15H23ClN2O. The summed E-state index contributed by atoms with van der Waals surface area (Å²) in [5.74, 6) is 0.0456. The van der Waals surface area contributed by atoms with Gasteiger partial charge >= 0.3 is 0 Å². The third kappa shape index (κ3) is 6.60. The second-order valence-corrected chi connectivity index (χ2v) is 6.21. The molecular weight excluding hydrogens is 260 g/mol. The first-order chi connectivity index (χ1) is 8.78. The van der Waals surface area contributed by atoms with Crippen molar-refractivity contribution in [3.05, 3.63) is 34.9 Å². The predicted octanol–water partition coefficient (Wildman–Crippen LogP) is 3.30. The third-order valence-corrected chi connectivity index (χ3v) is 2.97. The Bertz CT molecular complexity index is 426. The second-order valence-electron chi connectivity index (χ2n) is 5.77. The normalized spacial score (nSPS) is 13.1. The summed E-state index contributed by atoms with van der Waals surface area (Å²) in [6.45, 7) is 8.89. The minimum atomic E-state index is -0.0270. The van der Waals surface area contributed by atoms with Crippen molar-refractivity contribution in [1.82, 2.24) is 10.6 Å². The molecule has 0 heterocycles. The molecule has 0 spiro atoms. The number of carbonyl (C=O) groups is 1. The Morgan fingerprint density at radius 2 is 2.05 bits per heavy atom. The van der Waals surface area contributed by atoms with Crippen LogP contribution in [0.5, 0.6) is 0 Å². The number of rotatable bonds is 5. The summed E-state index contributed by atoms with van der Waals surface area (Å²) in [4.78, 5) is 11.8. The van der Waals surface area contributed by atoms with Gasteiger partial charge in [0.25, 0.3) is 0 Å². The maximum atomic E-state index is 11.8. The van der Waals surface area contributed by atoms with Gasteiger partial charge in [-0.1, -0.05) is 23.7 Å². The van der Waals surface area contributed by atoms with Crippen molar-refractivity contribution >= 4 is 17.5 Å². The van der Waals surface area contributed by atoms with E-state index in [1.54, 1.807) is 0 Å². The average molecular weight is 283 g/mol. The third-order valence-electron chi connectivity index (χ3n) is 2.73. The summed E-state index contributed by atoms with van der Waals surface area (Å²) < 4.78 is 0. The van der Waals surface area contributed by atoms with Crippen LogP contribution in [0.3, 0.4) is 0 Å². The zero-order valence-corrected chi connectivity index (χ0v) is 12.8. The van der Waals surface area contributed by atoms with Gasteiger partial charge in [0.1, 0.15) is 0 Å². The molecule has 1 amide bonds. The molecule has 0 saturated carbocycles. The van der Waals surface area contributed by atoms with Gasteiger partial charge in [-0.3, -0.25) is 4.79 Å². The van der Waals surface area contributed by atoms with Gasteiger partial charge in [-0.2, -0.15) is 0 Å². The molecule has 0 saturated heterocycles. The van der Waals surface area contributed by atoms with Gasteiger partial charge in [-0.15, -0.1) is 0 Å².